The summed E-state index contributed by atoms with van der Waals surface area (Å²) in [7, 11) is -3.19. The monoisotopic (exact) mass is 434 g/mol. The van der Waals surface area contributed by atoms with Gasteiger partial charge in [-0.1, -0.05) is 56.3 Å². The summed E-state index contributed by atoms with van der Waals surface area (Å²) in [5.41, 5.74) is 7.51. The van der Waals surface area contributed by atoms with Gasteiger partial charge >= 0.3 is 7.44 Å². The van der Waals surface area contributed by atoms with E-state index in [2.05, 4.69) is 35.3 Å². The Kier molecular flexibility index (Phi) is 5.10. The lowest BCUT2D eigenvalue weighted by Crippen LogP contribution is -2.34. The first-order valence-corrected chi connectivity index (χ1v) is 12.9. The molecule has 5 rings (SSSR count). The number of likely N-dealkylation sites (tertiary alicyclic amines) is 1. The molecule has 0 aromatic heterocycles. The predicted molar refractivity (Wildman–Crippen MR) is 129 cm³/mol. The Hall–Kier alpha value is -2.65. The summed E-state index contributed by atoms with van der Waals surface area (Å²) in [5, 5.41) is 4.40. The molecular weight excluding hydrogens is 403 g/mol. The molecule has 2 aromatic rings. The van der Waals surface area contributed by atoms with Crippen molar-refractivity contribution in [1.29, 1.82) is 0 Å². The molecule has 162 valence electrons. The van der Waals surface area contributed by atoms with Crippen molar-refractivity contribution in [3.8, 4) is 0 Å². The zero-order valence-corrected chi connectivity index (χ0v) is 19.2. The van der Waals surface area contributed by atoms with Gasteiger partial charge in [-0.05, 0) is 55.4 Å². The smallest absolute Gasteiger partial charge is 0.312 e. The SMILES string of the molecule is CC1(C)C=C2NN(c3ccccc3)[P@](=O)(Nc3ccccc3)C2=C(N2CCCCC2)C1. The van der Waals surface area contributed by atoms with E-state index in [1.165, 1.54) is 25.0 Å². The molecule has 0 saturated carbocycles. The molecule has 2 aromatic carbocycles. The number of hydrazine groups is 1. The molecule has 1 atom stereocenters. The van der Waals surface area contributed by atoms with Crippen molar-refractivity contribution in [2.24, 2.45) is 5.41 Å². The number of allylic oxidation sites excluding steroid dienone is 3. The van der Waals surface area contributed by atoms with Gasteiger partial charge in [0.2, 0.25) is 0 Å². The van der Waals surface area contributed by atoms with Gasteiger partial charge in [-0.2, -0.15) is 0 Å². The number of fused-ring (bicyclic) bond motifs is 1. The molecule has 2 N–H and O–H groups in total. The average molecular weight is 435 g/mol. The van der Waals surface area contributed by atoms with Gasteiger partial charge < -0.3 is 9.99 Å². The van der Waals surface area contributed by atoms with Crippen LogP contribution in [-0.2, 0) is 4.57 Å². The first-order valence-electron chi connectivity index (χ1n) is 11.2. The molecule has 31 heavy (non-hydrogen) atoms. The van der Waals surface area contributed by atoms with Crippen LogP contribution >= 0.6 is 7.44 Å². The molecule has 0 radical (unpaired) electrons. The van der Waals surface area contributed by atoms with Gasteiger partial charge in [-0.25, -0.2) is 4.78 Å². The van der Waals surface area contributed by atoms with E-state index >= 15 is 0 Å². The van der Waals surface area contributed by atoms with Crippen LogP contribution in [0.25, 0.3) is 0 Å². The number of rotatable bonds is 4. The zero-order valence-electron chi connectivity index (χ0n) is 18.3. The Balaban J connectivity index is 1.68. The van der Waals surface area contributed by atoms with Crippen LogP contribution in [0.3, 0.4) is 0 Å². The lowest BCUT2D eigenvalue weighted by Gasteiger charge is -2.38. The molecule has 0 bridgehead atoms. The predicted octanol–water partition coefficient (Wildman–Crippen LogP) is 6.33. The summed E-state index contributed by atoms with van der Waals surface area (Å²) in [5.74, 6) is 0. The van der Waals surface area contributed by atoms with Gasteiger partial charge in [-0.3, -0.25) is 9.99 Å². The van der Waals surface area contributed by atoms with Gasteiger partial charge in [0.05, 0.1) is 16.7 Å². The standard InChI is InChI=1S/C25H31N4OP/c1-25(2)18-22-24(23(19-25)28-16-10-5-11-17-28)31(30,27-20-12-6-3-7-13-20)29(26-22)21-14-8-4-9-15-21/h3-4,6-9,12-15,18,26H,5,10-11,16-17,19H2,1-2H3,(H,27,30)/t31-/m1/s1. The molecule has 2 fully saturated rings. The Bertz CT molecular complexity index is 1060. The van der Waals surface area contributed by atoms with E-state index in [4.69, 9.17) is 0 Å². The Morgan fingerprint density at radius 2 is 1.58 bits per heavy atom. The molecule has 0 unspecified atom stereocenters. The fraction of sp³-hybridized carbons (Fsp3) is 0.360. The maximum atomic E-state index is 15.0. The quantitative estimate of drug-likeness (QED) is 0.551. The highest BCUT2D eigenvalue weighted by Crippen LogP contribution is 2.66. The molecule has 3 aliphatic rings. The number of hydrogen-bond acceptors (Lipinski definition) is 3. The first-order chi connectivity index (χ1) is 15.0. The summed E-state index contributed by atoms with van der Waals surface area (Å²) in [6.07, 6.45) is 6.83. The summed E-state index contributed by atoms with van der Waals surface area (Å²) in [6.45, 7) is 6.62. The van der Waals surface area contributed by atoms with Crippen LogP contribution in [0, 0.1) is 5.41 Å². The van der Waals surface area contributed by atoms with E-state index in [9.17, 15) is 4.57 Å². The number of piperidine rings is 1. The van der Waals surface area contributed by atoms with Crippen molar-refractivity contribution in [3.05, 3.63) is 83.4 Å². The Morgan fingerprint density at radius 1 is 0.935 bits per heavy atom. The van der Waals surface area contributed by atoms with Crippen LogP contribution in [0.4, 0.5) is 11.4 Å². The molecule has 0 spiro atoms. The second-order valence-electron chi connectivity index (χ2n) is 9.38. The van der Waals surface area contributed by atoms with Crippen LogP contribution < -0.4 is 15.3 Å². The highest BCUT2D eigenvalue weighted by Gasteiger charge is 2.50. The van der Waals surface area contributed by atoms with Crippen molar-refractivity contribution >= 4 is 18.8 Å². The fourth-order valence-electron chi connectivity index (χ4n) is 4.90. The Labute approximate surface area is 185 Å². The largest absolute Gasteiger partial charge is 0.374 e. The van der Waals surface area contributed by atoms with Gasteiger partial charge in [0, 0.05) is 24.5 Å². The number of nitrogens with one attached hydrogen (secondary N) is 2. The minimum Gasteiger partial charge on any atom is -0.374 e. The van der Waals surface area contributed by atoms with Crippen LogP contribution in [0.1, 0.15) is 39.5 Å². The molecule has 5 nitrogen and oxygen atoms in total. The van der Waals surface area contributed by atoms with Crippen LogP contribution in [-0.4, -0.2) is 18.0 Å². The summed E-state index contributed by atoms with van der Waals surface area (Å²) in [4.78, 5) is 2.49. The highest BCUT2D eigenvalue weighted by molar-refractivity contribution is 7.71. The third kappa shape index (κ3) is 3.76. The minimum absolute atomic E-state index is 0.00287. The topological polar surface area (TPSA) is 47.6 Å². The summed E-state index contributed by atoms with van der Waals surface area (Å²) < 4.78 is 16.8. The van der Waals surface area contributed by atoms with Crippen LogP contribution in [0.2, 0.25) is 0 Å². The second kappa shape index (κ2) is 7.80. The van der Waals surface area contributed by atoms with Crippen molar-refractivity contribution in [1.82, 2.24) is 10.3 Å². The number of benzene rings is 2. The number of nitrogens with zero attached hydrogens (tertiary/aromatic N) is 2. The van der Waals surface area contributed by atoms with Crippen LogP contribution in [0.15, 0.2) is 83.4 Å². The number of hydrogen-bond donors (Lipinski definition) is 2. The van der Waals surface area contributed by atoms with Crippen molar-refractivity contribution in [2.45, 2.75) is 39.5 Å². The maximum Gasteiger partial charge on any atom is 0.312 e. The van der Waals surface area contributed by atoms with Crippen molar-refractivity contribution < 1.29 is 4.57 Å². The first kappa shape index (κ1) is 20.3. The molecule has 2 saturated heterocycles. The van der Waals surface area contributed by atoms with Gasteiger partial charge in [0.25, 0.3) is 0 Å². The molecule has 1 aliphatic carbocycles. The normalized spacial score (nSPS) is 25.0. The average Bonchev–Trinajstić information content (AvgIpc) is 3.06. The molecule has 2 heterocycles. The fourth-order valence-corrected chi connectivity index (χ4v) is 7.53. The van der Waals surface area contributed by atoms with E-state index < -0.39 is 7.44 Å². The van der Waals surface area contributed by atoms with Crippen molar-refractivity contribution in [2.75, 3.05) is 23.0 Å². The van der Waals surface area contributed by atoms with E-state index in [1.807, 2.05) is 65.4 Å². The summed E-state index contributed by atoms with van der Waals surface area (Å²) in [6, 6.07) is 19.9. The highest BCUT2D eigenvalue weighted by atomic mass is 31.2. The molecule has 6 heteroatoms. The van der Waals surface area contributed by atoms with Crippen molar-refractivity contribution in [3.63, 3.8) is 0 Å². The van der Waals surface area contributed by atoms with Crippen LogP contribution in [0.5, 0.6) is 0 Å². The lowest BCUT2D eigenvalue weighted by molar-refractivity contribution is 0.254. The van der Waals surface area contributed by atoms with Gasteiger partial charge in [0.1, 0.15) is 0 Å². The third-order valence-electron chi connectivity index (χ3n) is 6.29. The van der Waals surface area contributed by atoms with E-state index in [-0.39, 0.29) is 5.41 Å². The van der Waals surface area contributed by atoms with Gasteiger partial charge in [-0.15, -0.1) is 0 Å². The van der Waals surface area contributed by atoms with E-state index in [1.54, 1.807) is 0 Å². The maximum absolute atomic E-state index is 15.0. The van der Waals surface area contributed by atoms with Gasteiger partial charge in [0.15, 0.2) is 0 Å². The number of anilines is 2. The zero-order chi connectivity index (χ0) is 21.5. The lowest BCUT2D eigenvalue weighted by atomic mass is 9.82. The minimum atomic E-state index is -3.19. The number of para-hydroxylation sites is 2. The molecular formula is C25H31N4OP. The van der Waals surface area contributed by atoms with E-state index in [0.29, 0.717) is 0 Å². The second-order valence-corrected chi connectivity index (χ2v) is 11.6. The molecule has 2 aliphatic heterocycles. The Morgan fingerprint density at radius 3 is 2.26 bits per heavy atom. The van der Waals surface area contributed by atoms with E-state index in [0.717, 1.165) is 41.9 Å². The molecule has 0 amide bonds. The summed E-state index contributed by atoms with van der Waals surface area (Å²) >= 11 is 0. The third-order valence-corrected chi connectivity index (χ3v) is 8.85.